The highest BCUT2D eigenvalue weighted by Crippen LogP contribution is 2.19. The third-order valence-corrected chi connectivity index (χ3v) is 3.18. The molecule has 18 heavy (non-hydrogen) atoms. The summed E-state index contributed by atoms with van der Waals surface area (Å²) in [6.45, 7) is 9.56. The number of carbonyl (C=O) groups is 1. The van der Waals surface area contributed by atoms with Crippen LogP contribution in [0.3, 0.4) is 0 Å². The van der Waals surface area contributed by atoms with E-state index in [1.165, 1.54) is 6.39 Å². The van der Waals surface area contributed by atoms with Crippen LogP contribution in [-0.2, 0) is 0 Å². The Morgan fingerprint density at radius 1 is 1.50 bits per heavy atom. The van der Waals surface area contributed by atoms with E-state index in [2.05, 4.69) is 10.3 Å². The van der Waals surface area contributed by atoms with Crippen molar-refractivity contribution in [2.75, 3.05) is 6.54 Å². The number of oxazole rings is 1. The summed E-state index contributed by atoms with van der Waals surface area (Å²) in [5.41, 5.74) is -0.637. The van der Waals surface area contributed by atoms with Crippen LogP contribution in [0, 0.1) is 5.92 Å². The zero-order chi connectivity index (χ0) is 13.9. The Balaban J connectivity index is 2.69. The largest absolute Gasteiger partial charge is 0.447 e. The molecule has 0 spiro atoms. The normalized spacial score (nSPS) is 14.9. The van der Waals surface area contributed by atoms with E-state index >= 15 is 0 Å². The minimum atomic E-state index is -0.933. The van der Waals surface area contributed by atoms with Crippen molar-refractivity contribution in [3.8, 4) is 0 Å². The molecule has 0 fully saturated rings. The molecule has 2 N–H and O–H groups in total. The molecule has 0 unspecified atom stereocenters. The molecule has 0 saturated carbocycles. The van der Waals surface area contributed by atoms with Crippen molar-refractivity contribution >= 4 is 5.91 Å². The van der Waals surface area contributed by atoms with Crippen LogP contribution in [0.15, 0.2) is 10.8 Å². The molecule has 0 aromatic carbocycles. The molecule has 0 radical (unpaired) electrons. The van der Waals surface area contributed by atoms with Crippen LogP contribution in [-0.4, -0.2) is 28.1 Å². The van der Waals surface area contributed by atoms with Gasteiger partial charge in [-0.15, -0.1) is 0 Å². The highest BCUT2D eigenvalue weighted by Gasteiger charge is 2.27. The first-order chi connectivity index (χ1) is 8.25. The molecule has 1 rings (SSSR count). The van der Waals surface area contributed by atoms with Gasteiger partial charge in [-0.3, -0.25) is 4.79 Å². The monoisotopic (exact) mass is 254 g/mol. The molecule has 1 aromatic rings. The fourth-order valence-electron chi connectivity index (χ4n) is 1.38. The summed E-state index contributed by atoms with van der Waals surface area (Å²) >= 11 is 0. The Bertz CT molecular complexity index is 408. The third-order valence-electron chi connectivity index (χ3n) is 3.18. The number of aromatic nitrogens is 1. The van der Waals surface area contributed by atoms with E-state index < -0.39 is 5.60 Å². The molecular weight excluding hydrogens is 232 g/mol. The minimum Gasteiger partial charge on any atom is -0.447 e. The lowest BCUT2D eigenvalue weighted by Crippen LogP contribution is -2.44. The standard InChI is InChI=1S/C13H22N2O3/c1-8(2)11-10(15-7-18-11)12(16)14-6-13(5,17)9(3)4/h7-9,17H,6H2,1-5H3,(H,14,16)/t13-/m1/s1. The van der Waals surface area contributed by atoms with Gasteiger partial charge in [-0.1, -0.05) is 27.7 Å². The first-order valence-electron chi connectivity index (χ1n) is 6.19. The number of rotatable bonds is 5. The number of aliphatic hydroxyl groups is 1. The van der Waals surface area contributed by atoms with Crippen molar-refractivity contribution in [2.45, 2.75) is 46.1 Å². The zero-order valence-electron chi connectivity index (χ0n) is 11.7. The summed E-state index contributed by atoms with van der Waals surface area (Å²) in [5.74, 6) is 0.406. The van der Waals surface area contributed by atoms with Crippen molar-refractivity contribution in [3.05, 3.63) is 17.8 Å². The van der Waals surface area contributed by atoms with Crippen molar-refractivity contribution in [1.29, 1.82) is 0 Å². The molecule has 0 aliphatic carbocycles. The number of carbonyl (C=O) groups excluding carboxylic acids is 1. The number of nitrogens with zero attached hydrogens (tertiary/aromatic N) is 1. The molecular formula is C13H22N2O3. The van der Waals surface area contributed by atoms with Crippen LogP contribution in [0.1, 0.15) is 56.8 Å². The van der Waals surface area contributed by atoms with Gasteiger partial charge in [0.1, 0.15) is 5.76 Å². The summed E-state index contributed by atoms with van der Waals surface area (Å²) in [6, 6.07) is 0. The average Bonchev–Trinajstić information content (AvgIpc) is 2.74. The quantitative estimate of drug-likeness (QED) is 0.842. The maximum absolute atomic E-state index is 12.0. The van der Waals surface area contributed by atoms with E-state index in [0.29, 0.717) is 11.5 Å². The van der Waals surface area contributed by atoms with Gasteiger partial charge in [0.15, 0.2) is 12.1 Å². The smallest absolute Gasteiger partial charge is 0.273 e. The molecule has 1 amide bonds. The van der Waals surface area contributed by atoms with Crippen molar-refractivity contribution in [2.24, 2.45) is 5.92 Å². The Hall–Kier alpha value is -1.36. The average molecular weight is 254 g/mol. The van der Waals surface area contributed by atoms with E-state index in [1.54, 1.807) is 6.92 Å². The maximum Gasteiger partial charge on any atom is 0.273 e. The van der Waals surface area contributed by atoms with E-state index in [9.17, 15) is 9.90 Å². The van der Waals surface area contributed by atoms with Crippen molar-refractivity contribution in [3.63, 3.8) is 0 Å². The minimum absolute atomic E-state index is 0.0553. The molecule has 0 aliphatic rings. The van der Waals surface area contributed by atoms with Crippen molar-refractivity contribution < 1.29 is 14.3 Å². The number of nitrogens with one attached hydrogen (secondary N) is 1. The van der Waals surface area contributed by atoms with Gasteiger partial charge in [-0.25, -0.2) is 4.98 Å². The summed E-state index contributed by atoms with van der Waals surface area (Å²) in [6.07, 6.45) is 1.27. The predicted molar refractivity (Wildman–Crippen MR) is 68.4 cm³/mol. The summed E-state index contributed by atoms with van der Waals surface area (Å²) in [7, 11) is 0. The van der Waals surface area contributed by atoms with Crippen LogP contribution in [0.5, 0.6) is 0 Å². The molecule has 0 aliphatic heterocycles. The molecule has 1 heterocycles. The first-order valence-corrected chi connectivity index (χ1v) is 6.19. The highest BCUT2D eigenvalue weighted by atomic mass is 16.3. The molecule has 0 saturated heterocycles. The second-order valence-corrected chi connectivity index (χ2v) is 5.41. The van der Waals surface area contributed by atoms with Crippen LogP contribution >= 0.6 is 0 Å². The zero-order valence-corrected chi connectivity index (χ0v) is 11.7. The number of hydrogen-bond donors (Lipinski definition) is 2. The van der Waals surface area contributed by atoms with Gasteiger partial charge in [0.2, 0.25) is 0 Å². The third kappa shape index (κ3) is 3.32. The second kappa shape index (κ2) is 5.52. The van der Waals surface area contributed by atoms with Gasteiger partial charge in [0, 0.05) is 12.5 Å². The van der Waals surface area contributed by atoms with Crippen LogP contribution in [0.4, 0.5) is 0 Å². The lowest BCUT2D eigenvalue weighted by molar-refractivity contribution is 0.0141. The summed E-state index contributed by atoms with van der Waals surface area (Å²) in [4.78, 5) is 15.9. The van der Waals surface area contributed by atoms with E-state index in [0.717, 1.165) is 0 Å². The van der Waals surface area contributed by atoms with Gasteiger partial charge in [-0.2, -0.15) is 0 Å². The van der Waals surface area contributed by atoms with Gasteiger partial charge in [0.05, 0.1) is 5.60 Å². The SMILES string of the molecule is CC(C)c1ocnc1C(=O)NC[C@@](C)(O)C(C)C. The molecule has 102 valence electrons. The van der Waals surface area contributed by atoms with Crippen LogP contribution < -0.4 is 5.32 Å². The predicted octanol–water partition coefficient (Wildman–Crippen LogP) is 1.93. The summed E-state index contributed by atoms with van der Waals surface area (Å²) < 4.78 is 5.19. The molecule has 1 atom stereocenters. The Labute approximate surface area is 108 Å². The van der Waals surface area contributed by atoms with E-state index in [1.807, 2.05) is 27.7 Å². The Morgan fingerprint density at radius 3 is 2.61 bits per heavy atom. The highest BCUT2D eigenvalue weighted by molar-refractivity contribution is 5.93. The van der Waals surface area contributed by atoms with Gasteiger partial charge in [-0.05, 0) is 12.8 Å². The fourth-order valence-corrected chi connectivity index (χ4v) is 1.38. The maximum atomic E-state index is 12.0. The fraction of sp³-hybridized carbons (Fsp3) is 0.692. The second-order valence-electron chi connectivity index (χ2n) is 5.41. The summed E-state index contributed by atoms with van der Waals surface area (Å²) in [5, 5.41) is 12.7. The molecule has 0 bridgehead atoms. The van der Waals surface area contributed by atoms with Gasteiger partial charge in [0.25, 0.3) is 5.91 Å². The number of hydrogen-bond acceptors (Lipinski definition) is 4. The lowest BCUT2D eigenvalue weighted by atomic mass is 9.92. The Kier molecular flexibility index (Phi) is 4.51. The van der Waals surface area contributed by atoms with Crippen LogP contribution in [0.25, 0.3) is 0 Å². The molecule has 5 heteroatoms. The molecule has 1 aromatic heterocycles. The first kappa shape index (κ1) is 14.7. The number of amides is 1. The lowest BCUT2D eigenvalue weighted by Gasteiger charge is -2.27. The topological polar surface area (TPSA) is 75.4 Å². The van der Waals surface area contributed by atoms with Crippen molar-refractivity contribution in [1.82, 2.24) is 10.3 Å². The van der Waals surface area contributed by atoms with Gasteiger partial charge >= 0.3 is 0 Å². The van der Waals surface area contributed by atoms with Crippen LogP contribution in [0.2, 0.25) is 0 Å². The van der Waals surface area contributed by atoms with E-state index in [4.69, 9.17) is 4.42 Å². The van der Waals surface area contributed by atoms with E-state index in [-0.39, 0.29) is 24.3 Å². The molecule has 5 nitrogen and oxygen atoms in total. The van der Waals surface area contributed by atoms with Gasteiger partial charge < -0.3 is 14.8 Å². The Morgan fingerprint density at radius 2 is 2.11 bits per heavy atom.